The Balaban J connectivity index is 1.04. The van der Waals surface area contributed by atoms with Crippen LogP contribution in [0.1, 0.15) is 11.8 Å². The van der Waals surface area contributed by atoms with Gasteiger partial charge < -0.3 is 19.4 Å². The number of furan rings is 1. The Labute approximate surface area is 308 Å². The summed E-state index contributed by atoms with van der Waals surface area (Å²) < 4.78 is 13.2. The van der Waals surface area contributed by atoms with E-state index in [0.717, 1.165) is 67.1 Å². The van der Waals surface area contributed by atoms with E-state index >= 15 is 0 Å². The number of hydrogen-bond acceptors (Lipinski definition) is 4. The zero-order valence-electron chi connectivity index (χ0n) is 28.8. The van der Waals surface area contributed by atoms with Crippen molar-refractivity contribution in [1.82, 2.24) is 0 Å². The fourth-order valence-corrected chi connectivity index (χ4v) is 7.53. The molecule has 0 bridgehead atoms. The van der Waals surface area contributed by atoms with Crippen LogP contribution in [-0.4, -0.2) is 0 Å². The molecular formula is C49H34N2O2. The molecule has 1 unspecified atom stereocenters. The molecule has 1 atom stereocenters. The van der Waals surface area contributed by atoms with E-state index in [4.69, 9.17) is 9.15 Å². The number of nitrogens with zero attached hydrogens (tertiary/aromatic N) is 1. The van der Waals surface area contributed by atoms with Crippen molar-refractivity contribution in [2.75, 3.05) is 10.2 Å². The molecule has 1 aliphatic rings. The van der Waals surface area contributed by atoms with E-state index in [2.05, 4.69) is 174 Å². The molecule has 4 heteroatoms. The smallest absolute Gasteiger partial charge is 0.196 e. The van der Waals surface area contributed by atoms with Gasteiger partial charge in [-0.1, -0.05) is 140 Å². The first kappa shape index (κ1) is 30.8. The Morgan fingerprint density at radius 2 is 0.981 bits per heavy atom. The van der Waals surface area contributed by atoms with Crippen LogP contribution >= 0.6 is 0 Å². The Hall–Kier alpha value is -7.04. The molecule has 53 heavy (non-hydrogen) atoms. The molecule has 0 aliphatic carbocycles. The van der Waals surface area contributed by atoms with Crippen LogP contribution in [0.5, 0.6) is 5.75 Å². The molecule has 1 aromatic heterocycles. The van der Waals surface area contributed by atoms with Crippen molar-refractivity contribution >= 4 is 44.7 Å². The number of benzene rings is 8. The van der Waals surface area contributed by atoms with Crippen LogP contribution in [0.15, 0.2) is 199 Å². The quantitative estimate of drug-likeness (QED) is 0.182. The molecular weight excluding hydrogens is 649 g/mol. The van der Waals surface area contributed by atoms with Gasteiger partial charge in [-0.15, -0.1) is 0 Å². The Morgan fingerprint density at radius 1 is 0.434 bits per heavy atom. The van der Waals surface area contributed by atoms with Crippen LogP contribution in [-0.2, 0) is 0 Å². The number of para-hydroxylation sites is 2. The van der Waals surface area contributed by atoms with Crippen molar-refractivity contribution in [3.8, 4) is 39.1 Å². The number of hydrogen-bond donors (Lipinski definition) is 1. The minimum atomic E-state index is -0.292. The van der Waals surface area contributed by atoms with Crippen LogP contribution in [0.25, 0.3) is 55.3 Å². The van der Waals surface area contributed by atoms with E-state index in [0.29, 0.717) is 0 Å². The maximum Gasteiger partial charge on any atom is 0.196 e. The molecule has 2 heterocycles. The predicted molar refractivity (Wildman–Crippen MR) is 218 cm³/mol. The van der Waals surface area contributed by atoms with Gasteiger partial charge in [-0.05, 0) is 82.4 Å². The van der Waals surface area contributed by atoms with Gasteiger partial charge in [0.15, 0.2) is 6.23 Å². The fourth-order valence-electron chi connectivity index (χ4n) is 7.53. The molecule has 9 aromatic rings. The monoisotopic (exact) mass is 682 g/mol. The van der Waals surface area contributed by atoms with Gasteiger partial charge in [-0.25, -0.2) is 0 Å². The lowest BCUT2D eigenvalue weighted by Gasteiger charge is -2.26. The number of rotatable bonds is 7. The summed E-state index contributed by atoms with van der Waals surface area (Å²) in [6, 6.07) is 68.0. The highest BCUT2D eigenvalue weighted by Crippen LogP contribution is 2.51. The van der Waals surface area contributed by atoms with Gasteiger partial charge in [-0.2, -0.15) is 0 Å². The molecule has 4 nitrogen and oxygen atoms in total. The number of anilines is 4. The largest absolute Gasteiger partial charge is 0.464 e. The number of nitrogens with one attached hydrogen (secondary N) is 1. The molecule has 8 aromatic carbocycles. The maximum atomic E-state index is 6.59. The van der Waals surface area contributed by atoms with Crippen molar-refractivity contribution in [1.29, 1.82) is 0 Å². The van der Waals surface area contributed by atoms with E-state index in [-0.39, 0.29) is 6.23 Å². The van der Waals surface area contributed by atoms with Gasteiger partial charge in [0, 0.05) is 33.4 Å². The summed E-state index contributed by atoms with van der Waals surface area (Å²) in [5.74, 6) is 0.817. The van der Waals surface area contributed by atoms with Crippen molar-refractivity contribution in [3.63, 3.8) is 0 Å². The first-order valence-electron chi connectivity index (χ1n) is 17.9. The second-order valence-electron chi connectivity index (χ2n) is 13.4. The average Bonchev–Trinajstić information content (AvgIpc) is 3.83. The summed E-state index contributed by atoms with van der Waals surface area (Å²) in [6.45, 7) is 0. The van der Waals surface area contributed by atoms with Crippen LogP contribution in [0.4, 0.5) is 22.7 Å². The van der Waals surface area contributed by atoms with Crippen LogP contribution in [0.2, 0.25) is 0 Å². The maximum absolute atomic E-state index is 6.59. The summed E-state index contributed by atoms with van der Waals surface area (Å²) in [4.78, 5) is 2.30. The molecule has 252 valence electrons. The van der Waals surface area contributed by atoms with E-state index in [1.807, 2.05) is 30.3 Å². The van der Waals surface area contributed by atoms with E-state index in [1.54, 1.807) is 0 Å². The van der Waals surface area contributed by atoms with E-state index in [1.165, 1.54) is 22.3 Å². The van der Waals surface area contributed by atoms with Gasteiger partial charge in [0.1, 0.15) is 16.9 Å². The van der Waals surface area contributed by atoms with Crippen molar-refractivity contribution in [2.24, 2.45) is 0 Å². The Morgan fingerprint density at radius 3 is 1.68 bits per heavy atom. The standard InChI is InChI=1S/C49H34N2O2/c1-4-13-33(14-5-1)37-17-12-18-38(31-37)34-23-27-40(28-24-34)51(39-19-8-3-9-20-39)41-29-25-35(26-30-41)46-47-45(53-49(50-47)36-15-6-2-7-16-36)32-43-42-21-10-11-22-44(42)52-48(43)46/h1-32,49-50H. The molecule has 1 aliphatic heterocycles. The molecule has 1 N–H and O–H groups in total. The first-order chi connectivity index (χ1) is 26.3. The predicted octanol–water partition coefficient (Wildman–Crippen LogP) is 13.6. The average molecular weight is 683 g/mol. The lowest BCUT2D eigenvalue weighted by atomic mass is 9.98. The molecule has 0 saturated carbocycles. The third-order valence-corrected chi connectivity index (χ3v) is 10.1. The van der Waals surface area contributed by atoms with Crippen molar-refractivity contribution in [3.05, 3.63) is 200 Å². The highest BCUT2D eigenvalue weighted by atomic mass is 16.5. The minimum Gasteiger partial charge on any atom is -0.464 e. The Kier molecular flexibility index (Phi) is 7.51. The molecule has 0 fully saturated rings. The van der Waals surface area contributed by atoms with E-state index in [9.17, 15) is 0 Å². The first-order valence-corrected chi connectivity index (χ1v) is 17.9. The molecule has 0 radical (unpaired) electrons. The van der Waals surface area contributed by atoms with Crippen molar-refractivity contribution in [2.45, 2.75) is 6.23 Å². The zero-order chi connectivity index (χ0) is 35.1. The highest BCUT2D eigenvalue weighted by Gasteiger charge is 2.30. The molecule has 0 amide bonds. The number of ether oxygens (including phenoxy) is 1. The lowest BCUT2D eigenvalue weighted by Crippen LogP contribution is -2.10. The van der Waals surface area contributed by atoms with Crippen LogP contribution < -0.4 is 15.0 Å². The van der Waals surface area contributed by atoms with E-state index < -0.39 is 0 Å². The van der Waals surface area contributed by atoms with Gasteiger partial charge in [0.25, 0.3) is 0 Å². The highest BCUT2D eigenvalue weighted by molar-refractivity contribution is 6.14. The summed E-state index contributed by atoms with van der Waals surface area (Å²) in [6.07, 6.45) is -0.292. The van der Waals surface area contributed by atoms with Crippen LogP contribution in [0.3, 0.4) is 0 Å². The summed E-state index contributed by atoms with van der Waals surface area (Å²) in [5, 5.41) is 5.79. The molecule has 0 spiro atoms. The third kappa shape index (κ3) is 5.58. The lowest BCUT2D eigenvalue weighted by molar-refractivity contribution is 0.260. The second kappa shape index (κ2) is 12.9. The fraction of sp³-hybridized carbons (Fsp3) is 0.0204. The third-order valence-electron chi connectivity index (χ3n) is 10.1. The van der Waals surface area contributed by atoms with Crippen LogP contribution in [0, 0.1) is 0 Å². The molecule has 0 saturated heterocycles. The second-order valence-corrected chi connectivity index (χ2v) is 13.4. The van der Waals surface area contributed by atoms with Gasteiger partial charge in [0.05, 0.1) is 11.3 Å². The van der Waals surface area contributed by atoms with Crippen molar-refractivity contribution < 1.29 is 9.15 Å². The molecule has 10 rings (SSSR count). The summed E-state index contributed by atoms with van der Waals surface area (Å²) >= 11 is 0. The number of fused-ring (bicyclic) bond motifs is 4. The van der Waals surface area contributed by atoms with Gasteiger partial charge in [0.2, 0.25) is 0 Å². The minimum absolute atomic E-state index is 0.292. The zero-order valence-corrected chi connectivity index (χ0v) is 28.8. The van der Waals surface area contributed by atoms with Gasteiger partial charge >= 0.3 is 0 Å². The topological polar surface area (TPSA) is 37.6 Å². The summed E-state index contributed by atoms with van der Waals surface area (Å²) in [5.41, 5.74) is 13.7. The SMILES string of the molecule is c1ccc(-c2cccc(-c3ccc(N(c4ccccc4)c4ccc(-c5c6c(cc7c5oc5ccccc57)OC(c5ccccc5)N6)cc4)cc3)c2)cc1. The van der Waals surface area contributed by atoms with Gasteiger partial charge in [-0.3, -0.25) is 0 Å². The summed E-state index contributed by atoms with van der Waals surface area (Å²) in [7, 11) is 0. The normalized spacial score (nSPS) is 13.4. The Bertz CT molecular complexity index is 2700.